The number of urea groups is 1. The number of primary amides is 1. The van der Waals surface area contributed by atoms with Gasteiger partial charge in [-0.25, -0.2) is 10.3 Å². The average Bonchev–Trinajstić information content (AvgIpc) is 2.27. The summed E-state index contributed by atoms with van der Waals surface area (Å²) in [5.41, 5.74) is 7.81. The van der Waals surface area contributed by atoms with Crippen molar-refractivity contribution in [3.63, 3.8) is 0 Å². The number of hydrogen-bond donors (Lipinski definition) is 3. The van der Waals surface area contributed by atoms with Crippen LogP contribution in [-0.4, -0.2) is 18.5 Å². The summed E-state index contributed by atoms with van der Waals surface area (Å²) in [5, 5.41) is 2.55. The highest BCUT2D eigenvalue weighted by atomic mass is 16.7. The third-order valence-electron chi connectivity index (χ3n) is 1.68. The molecule has 0 aliphatic heterocycles. The van der Waals surface area contributed by atoms with E-state index in [-0.39, 0.29) is 6.61 Å². The zero-order chi connectivity index (χ0) is 11.8. The maximum atomic E-state index is 11.1. The van der Waals surface area contributed by atoms with Gasteiger partial charge in [-0.15, -0.1) is 0 Å². The summed E-state index contributed by atoms with van der Waals surface area (Å²) in [6.45, 7) is 0.0331. The molecule has 4 N–H and O–H groups in total. The predicted molar refractivity (Wildman–Crippen MR) is 57.0 cm³/mol. The second kappa shape index (κ2) is 6.41. The van der Waals surface area contributed by atoms with E-state index in [1.807, 2.05) is 35.8 Å². The zero-order valence-electron chi connectivity index (χ0n) is 8.60. The summed E-state index contributed by atoms with van der Waals surface area (Å²) >= 11 is 0. The van der Waals surface area contributed by atoms with E-state index in [2.05, 4.69) is 10.2 Å². The molecule has 0 radical (unpaired) electrons. The lowest BCUT2D eigenvalue weighted by atomic mass is 10.2. The Balaban J connectivity index is 2.18. The lowest BCUT2D eigenvalue weighted by molar-refractivity contribution is -0.124. The molecule has 3 amide bonds. The van der Waals surface area contributed by atoms with Crippen molar-refractivity contribution in [2.24, 2.45) is 5.73 Å². The van der Waals surface area contributed by atoms with Crippen molar-refractivity contribution < 1.29 is 14.4 Å². The quantitative estimate of drug-likeness (QED) is 0.608. The number of rotatable bonds is 5. The Bertz CT molecular complexity index is 354. The van der Waals surface area contributed by atoms with Crippen molar-refractivity contribution in [3.05, 3.63) is 35.9 Å². The summed E-state index contributed by atoms with van der Waals surface area (Å²) in [5.74, 6) is -0.650. The van der Waals surface area contributed by atoms with Gasteiger partial charge in [0.2, 0.25) is 5.91 Å². The molecule has 86 valence electrons. The molecule has 1 aromatic carbocycles. The van der Waals surface area contributed by atoms with Crippen LogP contribution in [0.15, 0.2) is 30.3 Å². The SMILES string of the molecule is NC(=O)CONC(=O)NCc1ccccc1. The standard InChI is InChI=1S/C10H13N3O3/c11-9(14)7-16-13-10(15)12-6-8-4-2-1-3-5-8/h1-5H,6-7H2,(H2,11,14)(H2,12,13,15). The van der Waals surface area contributed by atoms with Crippen LogP contribution in [0.5, 0.6) is 0 Å². The minimum absolute atomic E-state index is 0.348. The lowest BCUT2D eigenvalue weighted by Crippen LogP contribution is -2.37. The third-order valence-corrected chi connectivity index (χ3v) is 1.68. The largest absolute Gasteiger partial charge is 0.368 e. The minimum Gasteiger partial charge on any atom is -0.368 e. The minimum atomic E-state index is -0.650. The van der Waals surface area contributed by atoms with Crippen molar-refractivity contribution in [2.75, 3.05) is 6.61 Å². The first-order chi connectivity index (χ1) is 7.68. The summed E-state index contributed by atoms with van der Waals surface area (Å²) in [7, 11) is 0. The van der Waals surface area contributed by atoms with E-state index in [9.17, 15) is 9.59 Å². The van der Waals surface area contributed by atoms with Gasteiger partial charge in [0.15, 0.2) is 6.61 Å². The summed E-state index contributed by atoms with van der Waals surface area (Å²) in [4.78, 5) is 25.9. The number of hydroxylamine groups is 1. The Morgan fingerprint density at radius 3 is 2.56 bits per heavy atom. The Labute approximate surface area is 92.7 Å². The van der Waals surface area contributed by atoms with Crippen molar-refractivity contribution in [3.8, 4) is 0 Å². The zero-order valence-corrected chi connectivity index (χ0v) is 8.60. The number of amides is 3. The molecule has 0 saturated carbocycles. The predicted octanol–water partition coefficient (Wildman–Crippen LogP) is -0.0973. The molecular weight excluding hydrogens is 210 g/mol. The van der Waals surface area contributed by atoms with Gasteiger partial charge in [-0.2, -0.15) is 0 Å². The fraction of sp³-hybridized carbons (Fsp3) is 0.200. The van der Waals surface area contributed by atoms with Gasteiger partial charge in [0.1, 0.15) is 0 Å². The molecule has 1 aromatic rings. The van der Waals surface area contributed by atoms with Crippen LogP contribution < -0.4 is 16.5 Å². The number of nitrogens with two attached hydrogens (primary N) is 1. The lowest BCUT2D eigenvalue weighted by Gasteiger charge is -2.06. The fourth-order valence-corrected chi connectivity index (χ4v) is 0.987. The van der Waals surface area contributed by atoms with Crippen molar-refractivity contribution >= 4 is 11.9 Å². The van der Waals surface area contributed by atoms with Gasteiger partial charge in [0, 0.05) is 6.54 Å². The van der Waals surface area contributed by atoms with E-state index in [0.717, 1.165) is 5.56 Å². The van der Waals surface area contributed by atoms with Crippen molar-refractivity contribution in [1.82, 2.24) is 10.8 Å². The fourth-order valence-electron chi connectivity index (χ4n) is 0.987. The number of carbonyl (C=O) groups excluding carboxylic acids is 2. The molecule has 6 nitrogen and oxygen atoms in total. The maximum Gasteiger partial charge on any atom is 0.338 e. The second-order valence-corrected chi connectivity index (χ2v) is 3.03. The Kier molecular flexibility index (Phi) is 4.81. The first-order valence-corrected chi connectivity index (χ1v) is 4.66. The van der Waals surface area contributed by atoms with Crippen LogP contribution in [0.25, 0.3) is 0 Å². The Morgan fingerprint density at radius 2 is 1.94 bits per heavy atom. The molecule has 0 atom stereocenters. The molecule has 6 heteroatoms. The topological polar surface area (TPSA) is 93.5 Å². The average molecular weight is 223 g/mol. The van der Waals surface area contributed by atoms with E-state index in [1.54, 1.807) is 0 Å². The highest BCUT2D eigenvalue weighted by Gasteiger charge is 2.00. The second-order valence-electron chi connectivity index (χ2n) is 3.03. The van der Waals surface area contributed by atoms with Crippen molar-refractivity contribution in [1.29, 1.82) is 0 Å². The molecule has 16 heavy (non-hydrogen) atoms. The van der Waals surface area contributed by atoms with Crippen LogP contribution in [0, 0.1) is 0 Å². The number of hydrogen-bond acceptors (Lipinski definition) is 3. The number of benzene rings is 1. The van der Waals surface area contributed by atoms with Gasteiger partial charge in [-0.1, -0.05) is 30.3 Å². The maximum absolute atomic E-state index is 11.1. The summed E-state index contributed by atoms with van der Waals surface area (Å²) < 4.78 is 0. The van der Waals surface area contributed by atoms with Crippen LogP contribution >= 0.6 is 0 Å². The normalized spacial score (nSPS) is 9.50. The first kappa shape index (κ1) is 12.0. The molecule has 0 fully saturated rings. The Morgan fingerprint density at radius 1 is 1.25 bits per heavy atom. The molecule has 0 bridgehead atoms. The first-order valence-electron chi connectivity index (χ1n) is 4.66. The van der Waals surface area contributed by atoms with Gasteiger partial charge < -0.3 is 11.1 Å². The third kappa shape index (κ3) is 4.97. The molecule has 1 rings (SSSR count). The smallest absolute Gasteiger partial charge is 0.338 e. The molecule has 0 heterocycles. The van der Waals surface area contributed by atoms with Gasteiger partial charge in [0.25, 0.3) is 0 Å². The van der Waals surface area contributed by atoms with E-state index in [4.69, 9.17) is 5.73 Å². The number of nitrogens with one attached hydrogen (secondary N) is 2. The van der Waals surface area contributed by atoms with Gasteiger partial charge >= 0.3 is 6.03 Å². The van der Waals surface area contributed by atoms with Gasteiger partial charge in [-0.3, -0.25) is 9.63 Å². The highest BCUT2D eigenvalue weighted by Crippen LogP contribution is 1.96. The van der Waals surface area contributed by atoms with E-state index < -0.39 is 11.9 Å². The van der Waals surface area contributed by atoms with Crippen LogP contribution in [0.2, 0.25) is 0 Å². The van der Waals surface area contributed by atoms with Crippen LogP contribution in [0.1, 0.15) is 5.56 Å². The molecule has 0 spiro atoms. The monoisotopic (exact) mass is 223 g/mol. The molecule has 0 aliphatic carbocycles. The summed E-state index contributed by atoms with van der Waals surface area (Å²) in [6.07, 6.45) is 0. The van der Waals surface area contributed by atoms with Crippen LogP contribution in [0.4, 0.5) is 4.79 Å². The van der Waals surface area contributed by atoms with E-state index in [1.165, 1.54) is 0 Å². The molecule has 0 unspecified atom stereocenters. The summed E-state index contributed by atoms with van der Waals surface area (Å²) in [6, 6.07) is 8.87. The van der Waals surface area contributed by atoms with E-state index >= 15 is 0 Å². The van der Waals surface area contributed by atoms with Gasteiger partial charge in [-0.05, 0) is 5.56 Å². The van der Waals surface area contributed by atoms with Crippen LogP contribution in [0.3, 0.4) is 0 Å². The van der Waals surface area contributed by atoms with E-state index in [0.29, 0.717) is 6.54 Å². The van der Waals surface area contributed by atoms with Gasteiger partial charge in [0.05, 0.1) is 0 Å². The van der Waals surface area contributed by atoms with Crippen molar-refractivity contribution in [2.45, 2.75) is 6.54 Å². The molecule has 0 saturated heterocycles. The van der Waals surface area contributed by atoms with Crippen LogP contribution in [-0.2, 0) is 16.2 Å². The molecule has 0 aliphatic rings. The Hall–Kier alpha value is -2.08. The number of carbonyl (C=O) groups is 2. The molecular formula is C10H13N3O3. The highest BCUT2D eigenvalue weighted by molar-refractivity contribution is 5.76. The molecule has 0 aromatic heterocycles.